The molecule has 3 N–H and O–H groups in total. The molecule has 1 aliphatic carbocycles. The van der Waals surface area contributed by atoms with Gasteiger partial charge in [0, 0.05) is 0 Å². The second-order valence-electron chi connectivity index (χ2n) is 7.61. The Bertz CT molecular complexity index is 799. The second kappa shape index (κ2) is 8.71. The molecular weight excluding hydrogens is 332 g/mol. The van der Waals surface area contributed by atoms with Crippen LogP contribution in [-0.4, -0.2) is 19.0 Å². The monoisotopic (exact) mass is 364 g/mol. The quantitative estimate of drug-likeness (QED) is 0.607. The largest absolute Gasteiger partial charge is 0.369 e. The summed E-state index contributed by atoms with van der Waals surface area (Å²) in [6, 6.07) is 14.8. The van der Waals surface area contributed by atoms with E-state index in [1.807, 2.05) is 6.07 Å². The normalized spacial score (nSPS) is 17.6. The van der Waals surface area contributed by atoms with Crippen molar-refractivity contribution in [3.05, 3.63) is 59.2 Å². The van der Waals surface area contributed by atoms with Crippen LogP contribution in [0, 0.1) is 0 Å². The van der Waals surface area contributed by atoms with Gasteiger partial charge in [0.15, 0.2) is 0 Å². The Labute approximate surface area is 163 Å². The summed E-state index contributed by atoms with van der Waals surface area (Å²) in [7, 11) is 0. The number of primary amides is 1. The number of rotatable bonds is 10. The summed E-state index contributed by atoms with van der Waals surface area (Å²) in [6.07, 6.45) is 6.18. The molecule has 1 atom stereocenters. The number of hydrogen-bond acceptors (Lipinski definition) is 2. The van der Waals surface area contributed by atoms with Gasteiger partial charge in [-0.2, -0.15) is 0 Å². The van der Waals surface area contributed by atoms with E-state index in [0.717, 1.165) is 62.7 Å². The van der Waals surface area contributed by atoms with E-state index in [1.165, 1.54) is 16.7 Å². The summed E-state index contributed by atoms with van der Waals surface area (Å²) in [5.41, 5.74) is 11.2. The standard InChI is InChI=1S/C24H32N2O/c1-3-15-26-16-9-5-8-14-24(23(25)27)21-11-7-6-10-19(21)20-17-18(4-2)12-13-22(20)24/h6-7,10-13,17,26H,3-5,8-9,14-16H2,1-2H3,(H2,25,27). The fraction of sp³-hybridized carbons (Fsp3) is 0.458. The van der Waals surface area contributed by atoms with Gasteiger partial charge in [0.25, 0.3) is 0 Å². The lowest BCUT2D eigenvalue weighted by molar-refractivity contribution is -0.122. The molecule has 1 aliphatic rings. The van der Waals surface area contributed by atoms with Gasteiger partial charge in [0.2, 0.25) is 5.91 Å². The van der Waals surface area contributed by atoms with E-state index in [9.17, 15) is 4.79 Å². The highest BCUT2D eigenvalue weighted by Crippen LogP contribution is 2.51. The lowest BCUT2D eigenvalue weighted by atomic mass is 9.73. The molecule has 1 amide bonds. The molecule has 0 bridgehead atoms. The molecule has 0 saturated carbocycles. The number of carbonyl (C=O) groups excluding carboxylic acids is 1. The number of unbranched alkanes of at least 4 members (excludes halogenated alkanes) is 2. The van der Waals surface area contributed by atoms with Gasteiger partial charge in [0.05, 0.1) is 5.41 Å². The predicted molar refractivity (Wildman–Crippen MR) is 113 cm³/mol. The number of fused-ring (bicyclic) bond motifs is 3. The van der Waals surface area contributed by atoms with E-state index in [-0.39, 0.29) is 5.91 Å². The molecule has 0 saturated heterocycles. The first kappa shape index (κ1) is 19.6. The molecular formula is C24H32N2O. The second-order valence-corrected chi connectivity index (χ2v) is 7.61. The van der Waals surface area contributed by atoms with Crippen molar-refractivity contribution in [3.8, 4) is 11.1 Å². The van der Waals surface area contributed by atoms with Crippen LogP contribution in [0.15, 0.2) is 42.5 Å². The molecule has 0 radical (unpaired) electrons. The summed E-state index contributed by atoms with van der Waals surface area (Å²) in [5, 5.41) is 3.45. The van der Waals surface area contributed by atoms with Gasteiger partial charge in [-0.1, -0.05) is 69.2 Å². The summed E-state index contributed by atoms with van der Waals surface area (Å²) >= 11 is 0. The number of nitrogens with two attached hydrogens (primary N) is 1. The van der Waals surface area contributed by atoms with Crippen LogP contribution in [0.1, 0.15) is 62.6 Å². The van der Waals surface area contributed by atoms with Crippen molar-refractivity contribution < 1.29 is 4.79 Å². The molecule has 27 heavy (non-hydrogen) atoms. The molecule has 0 heterocycles. The zero-order valence-electron chi connectivity index (χ0n) is 16.7. The van der Waals surface area contributed by atoms with E-state index in [1.54, 1.807) is 0 Å². The van der Waals surface area contributed by atoms with Crippen molar-refractivity contribution >= 4 is 5.91 Å². The maximum Gasteiger partial charge on any atom is 0.232 e. The zero-order valence-corrected chi connectivity index (χ0v) is 16.7. The zero-order chi connectivity index (χ0) is 19.3. The van der Waals surface area contributed by atoms with E-state index in [4.69, 9.17) is 5.73 Å². The molecule has 3 rings (SSSR count). The number of aryl methyl sites for hydroxylation is 1. The third-order valence-electron chi connectivity index (χ3n) is 5.88. The molecule has 144 valence electrons. The Balaban J connectivity index is 1.87. The van der Waals surface area contributed by atoms with Crippen LogP contribution in [0.25, 0.3) is 11.1 Å². The maximum atomic E-state index is 12.8. The average molecular weight is 365 g/mol. The minimum atomic E-state index is -0.685. The minimum absolute atomic E-state index is 0.220. The molecule has 3 heteroatoms. The smallest absolute Gasteiger partial charge is 0.232 e. The SMILES string of the molecule is CCCNCCCCCC1(C(N)=O)c2ccccc2-c2cc(CC)ccc21. The molecule has 3 nitrogen and oxygen atoms in total. The molecule has 1 unspecified atom stereocenters. The summed E-state index contributed by atoms with van der Waals surface area (Å²) in [6.45, 7) is 6.47. The van der Waals surface area contributed by atoms with Crippen LogP contribution < -0.4 is 11.1 Å². The Hall–Kier alpha value is -2.13. The van der Waals surface area contributed by atoms with Crippen molar-refractivity contribution in [2.75, 3.05) is 13.1 Å². The Morgan fingerprint density at radius 2 is 1.74 bits per heavy atom. The first-order chi connectivity index (χ1) is 13.1. The molecule has 0 aliphatic heterocycles. The Kier molecular flexibility index (Phi) is 6.33. The average Bonchev–Trinajstić information content (AvgIpc) is 2.98. The lowest BCUT2D eigenvalue weighted by Gasteiger charge is -2.29. The van der Waals surface area contributed by atoms with Crippen molar-refractivity contribution in [1.29, 1.82) is 0 Å². The van der Waals surface area contributed by atoms with Crippen LogP contribution in [0.5, 0.6) is 0 Å². The van der Waals surface area contributed by atoms with Crippen LogP contribution >= 0.6 is 0 Å². The van der Waals surface area contributed by atoms with Gasteiger partial charge in [-0.3, -0.25) is 4.79 Å². The van der Waals surface area contributed by atoms with E-state index < -0.39 is 5.41 Å². The fourth-order valence-electron chi connectivity index (χ4n) is 4.42. The number of nitrogens with one attached hydrogen (secondary N) is 1. The van der Waals surface area contributed by atoms with Crippen LogP contribution in [0.3, 0.4) is 0 Å². The van der Waals surface area contributed by atoms with Crippen molar-refractivity contribution in [2.45, 2.75) is 57.8 Å². The number of benzene rings is 2. The highest BCUT2D eigenvalue weighted by molar-refractivity contribution is 5.99. The number of carbonyl (C=O) groups is 1. The van der Waals surface area contributed by atoms with Crippen LogP contribution in [-0.2, 0) is 16.6 Å². The van der Waals surface area contributed by atoms with Crippen molar-refractivity contribution in [3.63, 3.8) is 0 Å². The van der Waals surface area contributed by atoms with Crippen molar-refractivity contribution in [2.24, 2.45) is 5.73 Å². The fourth-order valence-corrected chi connectivity index (χ4v) is 4.42. The van der Waals surface area contributed by atoms with Gasteiger partial charge in [0.1, 0.15) is 0 Å². The maximum absolute atomic E-state index is 12.8. The van der Waals surface area contributed by atoms with Gasteiger partial charge in [-0.05, 0) is 66.6 Å². The summed E-state index contributed by atoms with van der Waals surface area (Å²) in [4.78, 5) is 12.8. The van der Waals surface area contributed by atoms with Gasteiger partial charge in [-0.25, -0.2) is 0 Å². The minimum Gasteiger partial charge on any atom is -0.369 e. The number of amides is 1. The van der Waals surface area contributed by atoms with Crippen LogP contribution in [0.4, 0.5) is 0 Å². The highest BCUT2D eigenvalue weighted by Gasteiger charge is 2.47. The summed E-state index contributed by atoms with van der Waals surface area (Å²) < 4.78 is 0. The van der Waals surface area contributed by atoms with Crippen LogP contribution in [0.2, 0.25) is 0 Å². The highest BCUT2D eigenvalue weighted by atomic mass is 16.1. The van der Waals surface area contributed by atoms with Crippen molar-refractivity contribution in [1.82, 2.24) is 5.32 Å². The lowest BCUT2D eigenvalue weighted by Crippen LogP contribution is -2.40. The Morgan fingerprint density at radius 1 is 0.963 bits per heavy atom. The molecule has 2 aromatic carbocycles. The molecule has 0 spiro atoms. The third-order valence-corrected chi connectivity index (χ3v) is 5.88. The molecule has 2 aromatic rings. The number of hydrogen-bond donors (Lipinski definition) is 2. The van der Waals surface area contributed by atoms with E-state index >= 15 is 0 Å². The molecule has 0 aromatic heterocycles. The van der Waals surface area contributed by atoms with E-state index in [2.05, 4.69) is 55.6 Å². The Morgan fingerprint density at radius 3 is 2.48 bits per heavy atom. The first-order valence-electron chi connectivity index (χ1n) is 10.4. The first-order valence-corrected chi connectivity index (χ1v) is 10.4. The van der Waals surface area contributed by atoms with Gasteiger partial charge in [-0.15, -0.1) is 0 Å². The van der Waals surface area contributed by atoms with Gasteiger partial charge < -0.3 is 11.1 Å². The van der Waals surface area contributed by atoms with E-state index in [0.29, 0.717) is 0 Å². The third kappa shape index (κ3) is 3.66. The molecule has 0 fully saturated rings. The topological polar surface area (TPSA) is 55.1 Å². The summed E-state index contributed by atoms with van der Waals surface area (Å²) in [5.74, 6) is -0.220. The van der Waals surface area contributed by atoms with Gasteiger partial charge >= 0.3 is 0 Å². The predicted octanol–water partition coefficient (Wildman–Crippen LogP) is 4.56.